The molecule has 0 aromatic carbocycles. The minimum Gasteiger partial charge on any atom is -0.870 e. The standard InChI is InChI=1S/2C7H14O2.In.H2O/c2*1-2-3-4-5-6-7(8)9;;/h2*2-6H2,1H3,(H,8,9);;1H2/q;;+3;/p-3. The summed E-state index contributed by atoms with van der Waals surface area (Å²) in [5.74, 6) is -1.85. The molecule has 5 nitrogen and oxygen atoms in total. The van der Waals surface area contributed by atoms with E-state index in [1.165, 1.54) is 0 Å². The number of carboxylic acids is 2. The molecule has 1 N–H and O–H groups in total. The van der Waals surface area contributed by atoms with Gasteiger partial charge in [-0.05, 0) is 25.7 Å². The van der Waals surface area contributed by atoms with Crippen molar-refractivity contribution in [1.82, 2.24) is 0 Å². The second kappa shape index (κ2) is 23.8. The number of unbranched alkanes of at least 4 members (excludes halogenated alkanes) is 6. The van der Waals surface area contributed by atoms with Crippen LogP contribution in [0.15, 0.2) is 0 Å². The van der Waals surface area contributed by atoms with Gasteiger partial charge in [-0.1, -0.05) is 52.4 Å². The molecule has 0 bridgehead atoms. The van der Waals surface area contributed by atoms with Crippen LogP contribution in [0.4, 0.5) is 0 Å². The van der Waals surface area contributed by atoms with E-state index in [9.17, 15) is 19.8 Å². The van der Waals surface area contributed by atoms with Gasteiger partial charge in [0.1, 0.15) is 0 Å². The van der Waals surface area contributed by atoms with Crippen LogP contribution >= 0.6 is 0 Å². The van der Waals surface area contributed by atoms with E-state index in [2.05, 4.69) is 13.8 Å². The molecule has 116 valence electrons. The van der Waals surface area contributed by atoms with Crippen molar-refractivity contribution in [2.75, 3.05) is 0 Å². The molecule has 6 heteroatoms. The Bertz CT molecular complexity index is 188. The molecule has 0 unspecified atom stereocenters. The van der Waals surface area contributed by atoms with Crippen molar-refractivity contribution in [2.24, 2.45) is 0 Å². The van der Waals surface area contributed by atoms with Crippen LogP contribution in [-0.4, -0.2) is 43.3 Å². The van der Waals surface area contributed by atoms with Crippen molar-refractivity contribution in [2.45, 2.75) is 78.1 Å². The van der Waals surface area contributed by atoms with Gasteiger partial charge in [0.15, 0.2) is 0 Å². The first-order valence-electron chi connectivity index (χ1n) is 6.94. The van der Waals surface area contributed by atoms with Gasteiger partial charge >= 0.3 is 25.8 Å². The number of hydrogen-bond acceptors (Lipinski definition) is 5. The van der Waals surface area contributed by atoms with Gasteiger partial charge in [-0.15, -0.1) is 0 Å². The molecule has 20 heavy (non-hydrogen) atoms. The molecule has 0 aromatic heterocycles. The summed E-state index contributed by atoms with van der Waals surface area (Å²) in [5.41, 5.74) is 0. The molecule has 0 saturated heterocycles. The topological polar surface area (TPSA) is 110 Å². The van der Waals surface area contributed by atoms with E-state index < -0.39 is 11.9 Å². The first kappa shape index (κ1) is 28.0. The van der Waals surface area contributed by atoms with Crippen LogP contribution in [0, 0.1) is 0 Å². The van der Waals surface area contributed by atoms with Gasteiger partial charge in [-0.2, -0.15) is 0 Å². The smallest absolute Gasteiger partial charge is 0.870 e. The number of hydrogen-bond donors (Lipinski definition) is 0. The van der Waals surface area contributed by atoms with Crippen LogP contribution in [-0.2, 0) is 9.59 Å². The molecule has 0 fully saturated rings. The van der Waals surface area contributed by atoms with Crippen molar-refractivity contribution in [1.29, 1.82) is 0 Å². The molecular formula is C14H27InO5. The van der Waals surface area contributed by atoms with Gasteiger partial charge < -0.3 is 25.3 Å². The molecule has 0 atom stereocenters. The van der Waals surface area contributed by atoms with Gasteiger partial charge in [0.25, 0.3) is 0 Å². The molecule has 0 radical (unpaired) electrons. The summed E-state index contributed by atoms with van der Waals surface area (Å²) in [6.07, 6.45) is 8.59. The zero-order valence-corrected chi connectivity index (χ0v) is 16.0. The summed E-state index contributed by atoms with van der Waals surface area (Å²) in [7, 11) is 0. The first-order chi connectivity index (χ1) is 8.54. The minimum atomic E-state index is -0.925. The van der Waals surface area contributed by atoms with E-state index in [-0.39, 0.29) is 44.2 Å². The Balaban J connectivity index is -0.000000116. The van der Waals surface area contributed by atoms with Crippen molar-refractivity contribution in [3.8, 4) is 0 Å². The van der Waals surface area contributed by atoms with Crippen LogP contribution in [0.5, 0.6) is 0 Å². The maximum atomic E-state index is 9.85. The van der Waals surface area contributed by atoms with Crippen molar-refractivity contribution >= 4 is 37.8 Å². The molecule has 0 aliphatic heterocycles. The van der Waals surface area contributed by atoms with E-state index in [0.29, 0.717) is 0 Å². The van der Waals surface area contributed by atoms with E-state index in [0.717, 1.165) is 51.4 Å². The Morgan fingerprint density at radius 2 is 1.00 bits per heavy atom. The second-order valence-corrected chi connectivity index (χ2v) is 4.37. The summed E-state index contributed by atoms with van der Waals surface area (Å²) < 4.78 is 0. The normalized spacial score (nSPS) is 8.50. The van der Waals surface area contributed by atoms with Gasteiger partial charge in [0.2, 0.25) is 0 Å². The van der Waals surface area contributed by atoms with Crippen LogP contribution in [0.1, 0.15) is 78.1 Å². The molecule has 0 aliphatic rings. The molecule has 0 rings (SSSR count). The summed E-state index contributed by atoms with van der Waals surface area (Å²) in [6, 6.07) is 0. The summed E-state index contributed by atoms with van der Waals surface area (Å²) in [4.78, 5) is 19.7. The summed E-state index contributed by atoms with van der Waals surface area (Å²) in [5, 5.41) is 19.7. The molecule has 0 saturated carbocycles. The van der Waals surface area contributed by atoms with Gasteiger partial charge in [-0.3, -0.25) is 0 Å². The Labute approximate surface area is 141 Å². The third kappa shape index (κ3) is 36.1. The third-order valence-electron chi connectivity index (χ3n) is 2.47. The zero-order chi connectivity index (χ0) is 14.2. The van der Waals surface area contributed by atoms with Crippen molar-refractivity contribution in [3.05, 3.63) is 0 Å². The number of rotatable bonds is 10. The SMILES string of the molecule is CCCCCCC(=O)[O-].CCCCCCC(=O)[O-].[In+3].[OH-]. The van der Waals surface area contributed by atoms with Crippen molar-refractivity contribution < 1.29 is 25.3 Å². The average Bonchev–Trinajstić information content (AvgIpc) is 2.31. The summed E-state index contributed by atoms with van der Waals surface area (Å²) >= 11 is 0. The average molecular weight is 390 g/mol. The van der Waals surface area contributed by atoms with Gasteiger partial charge in [0, 0.05) is 11.9 Å². The fraction of sp³-hybridized carbons (Fsp3) is 0.857. The Morgan fingerprint density at radius 1 is 0.700 bits per heavy atom. The van der Waals surface area contributed by atoms with E-state index in [4.69, 9.17) is 0 Å². The summed E-state index contributed by atoms with van der Waals surface area (Å²) in [6.45, 7) is 4.19. The van der Waals surface area contributed by atoms with E-state index >= 15 is 0 Å². The Kier molecular flexibility index (Phi) is 33.4. The minimum absolute atomic E-state index is 0. The van der Waals surface area contributed by atoms with Crippen LogP contribution < -0.4 is 10.2 Å². The maximum absolute atomic E-state index is 9.85. The van der Waals surface area contributed by atoms with E-state index in [1.807, 2.05) is 0 Å². The molecule has 0 aromatic rings. The van der Waals surface area contributed by atoms with Crippen LogP contribution in [0.25, 0.3) is 0 Å². The molecule has 0 amide bonds. The van der Waals surface area contributed by atoms with Crippen LogP contribution in [0.3, 0.4) is 0 Å². The predicted molar refractivity (Wildman–Crippen MR) is 75.2 cm³/mol. The molecular weight excluding hydrogens is 363 g/mol. The number of aliphatic carboxylic acids is 2. The monoisotopic (exact) mass is 390 g/mol. The fourth-order valence-electron chi connectivity index (χ4n) is 1.39. The largest absolute Gasteiger partial charge is 3.00 e. The molecule has 0 aliphatic carbocycles. The second-order valence-electron chi connectivity index (χ2n) is 4.37. The van der Waals surface area contributed by atoms with Crippen LogP contribution in [0.2, 0.25) is 0 Å². The van der Waals surface area contributed by atoms with Gasteiger partial charge in [0.05, 0.1) is 0 Å². The number of carbonyl (C=O) groups excluding carboxylic acids is 2. The van der Waals surface area contributed by atoms with Crippen molar-refractivity contribution in [3.63, 3.8) is 0 Å². The molecule has 0 heterocycles. The number of carbonyl (C=O) groups is 2. The quantitative estimate of drug-likeness (QED) is 0.514. The Hall–Kier alpha value is -0.230. The molecule has 0 spiro atoms. The Morgan fingerprint density at radius 3 is 1.20 bits per heavy atom. The predicted octanol–water partition coefficient (Wildman–Crippen LogP) is 0.856. The zero-order valence-electron chi connectivity index (χ0n) is 12.7. The fourth-order valence-corrected chi connectivity index (χ4v) is 1.39. The van der Waals surface area contributed by atoms with E-state index in [1.54, 1.807) is 0 Å². The number of carboxylic acid groups (broad SMARTS) is 2. The van der Waals surface area contributed by atoms with Gasteiger partial charge in [-0.25, -0.2) is 0 Å². The maximum Gasteiger partial charge on any atom is 3.00 e. The first-order valence-corrected chi connectivity index (χ1v) is 6.94. The third-order valence-corrected chi connectivity index (χ3v) is 2.47.